The smallest absolute Gasteiger partial charge is 0.200 e. The van der Waals surface area contributed by atoms with Crippen LogP contribution in [0, 0.1) is 11.8 Å². The Kier molecular flexibility index (Phi) is 3.14. The first-order valence-corrected chi connectivity index (χ1v) is 7.20. The molecule has 0 N–H and O–H groups in total. The summed E-state index contributed by atoms with van der Waals surface area (Å²) < 4.78 is 5.78. The van der Waals surface area contributed by atoms with Gasteiger partial charge in [0, 0.05) is 11.8 Å². The largest absolute Gasteiger partial charge is 0.456 e. The minimum Gasteiger partial charge on any atom is -0.456 e. The molecule has 4 rings (SSSR count). The Balaban J connectivity index is 1.88. The molecule has 23 heavy (non-hydrogen) atoms. The van der Waals surface area contributed by atoms with Crippen molar-refractivity contribution < 1.29 is 4.42 Å². The lowest BCUT2D eigenvalue weighted by molar-refractivity contribution is 0.660. The summed E-state index contributed by atoms with van der Waals surface area (Å²) >= 11 is 0. The molecule has 0 aliphatic carbocycles. The monoisotopic (exact) mass is 297 g/mol. The molecule has 2 heterocycles. The molecule has 4 aromatic rings. The van der Waals surface area contributed by atoms with Gasteiger partial charge in [-0.3, -0.25) is 4.79 Å². The van der Waals surface area contributed by atoms with Crippen LogP contribution in [0.5, 0.6) is 0 Å². The van der Waals surface area contributed by atoms with Crippen LogP contribution in [0.1, 0.15) is 11.3 Å². The molecule has 0 atom stereocenters. The minimum absolute atomic E-state index is 0.0386. The number of pyridine rings is 1. The van der Waals surface area contributed by atoms with Crippen LogP contribution in [0.15, 0.2) is 76.1 Å². The third kappa shape index (κ3) is 2.47. The predicted molar refractivity (Wildman–Crippen MR) is 90.2 cm³/mol. The quantitative estimate of drug-likeness (QED) is 0.367. The summed E-state index contributed by atoms with van der Waals surface area (Å²) in [5, 5.41) is 1.12. The molecule has 0 spiro atoms. The maximum absolute atomic E-state index is 12.6. The van der Waals surface area contributed by atoms with Gasteiger partial charge in [0.15, 0.2) is 0 Å². The summed E-state index contributed by atoms with van der Waals surface area (Å²) in [7, 11) is 0. The lowest BCUT2D eigenvalue weighted by atomic mass is 10.1. The van der Waals surface area contributed by atoms with Gasteiger partial charge in [-0.1, -0.05) is 24.1 Å². The topological polar surface area (TPSA) is 43.1 Å². The first kappa shape index (κ1) is 13.3. The molecule has 2 aromatic heterocycles. The second kappa shape index (κ2) is 5.43. The fourth-order valence-corrected chi connectivity index (χ4v) is 2.45. The number of benzene rings is 2. The van der Waals surface area contributed by atoms with E-state index in [0.717, 1.165) is 5.56 Å². The summed E-state index contributed by atoms with van der Waals surface area (Å²) in [6, 6.07) is 18.2. The van der Waals surface area contributed by atoms with Gasteiger partial charge in [-0.2, -0.15) is 0 Å². The minimum atomic E-state index is -0.0386. The number of nitrogens with zero attached hydrogens (tertiary/aromatic N) is 1. The van der Waals surface area contributed by atoms with Gasteiger partial charge in [0.25, 0.3) is 0 Å². The van der Waals surface area contributed by atoms with Crippen LogP contribution >= 0.6 is 0 Å². The molecular formula is C20H11NO2. The molecule has 3 heteroatoms. The van der Waals surface area contributed by atoms with Gasteiger partial charge in [-0.05, 0) is 48.4 Å². The number of para-hydroxylation sites is 1. The lowest BCUT2D eigenvalue weighted by Gasteiger charge is -2.01. The molecular weight excluding hydrogens is 286 g/mol. The van der Waals surface area contributed by atoms with Crippen molar-refractivity contribution in [3.63, 3.8) is 0 Å². The van der Waals surface area contributed by atoms with Crippen molar-refractivity contribution in [2.24, 2.45) is 0 Å². The Morgan fingerprint density at radius 1 is 0.826 bits per heavy atom. The fourth-order valence-electron chi connectivity index (χ4n) is 2.45. The molecule has 0 saturated heterocycles. The average Bonchev–Trinajstić information content (AvgIpc) is 2.61. The maximum atomic E-state index is 12.6. The second-order valence-corrected chi connectivity index (χ2v) is 5.10. The van der Waals surface area contributed by atoms with E-state index in [1.807, 2.05) is 36.4 Å². The summed E-state index contributed by atoms with van der Waals surface area (Å²) in [5.74, 6) is 6.02. The molecule has 0 aliphatic rings. The van der Waals surface area contributed by atoms with Gasteiger partial charge in [0.2, 0.25) is 5.43 Å². The van der Waals surface area contributed by atoms with Crippen molar-refractivity contribution in [2.75, 3.05) is 0 Å². The Labute approximate surface area is 132 Å². The van der Waals surface area contributed by atoms with E-state index in [0.29, 0.717) is 27.6 Å². The molecule has 0 unspecified atom stereocenters. The van der Waals surface area contributed by atoms with Crippen LogP contribution in [-0.2, 0) is 0 Å². The first-order chi connectivity index (χ1) is 11.3. The van der Waals surface area contributed by atoms with Crippen LogP contribution < -0.4 is 5.43 Å². The van der Waals surface area contributed by atoms with E-state index < -0.39 is 0 Å². The second-order valence-electron chi connectivity index (χ2n) is 5.10. The third-order valence-electron chi connectivity index (χ3n) is 3.58. The Hall–Kier alpha value is -3.38. The van der Waals surface area contributed by atoms with E-state index in [9.17, 15) is 4.79 Å². The highest BCUT2D eigenvalue weighted by Crippen LogP contribution is 2.19. The van der Waals surface area contributed by atoms with Crippen LogP contribution in [0.2, 0.25) is 0 Å². The van der Waals surface area contributed by atoms with Crippen LogP contribution in [0.3, 0.4) is 0 Å². The molecule has 0 radical (unpaired) electrons. The van der Waals surface area contributed by atoms with Gasteiger partial charge >= 0.3 is 0 Å². The number of rotatable bonds is 0. The summed E-state index contributed by atoms with van der Waals surface area (Å²) in [6.45, 7) is 0. The zero-order valence-corrected chi connectivity index (χ0v) is 12.1. The molecule has 0 aliphatic heterocycles. The Bertz CT molecular complexity index is 1130. The van der Waals surface area contributed by atoms with E-state index in [-0.39, 0.29) is 5.43 Å². The van der Waals surface area contributed by atoms with Gasteiger partial charge in [-0.15, -0.1) is 0 Å². The summed E-state index contributed by atoms with van der Waals surface area (Å²) in [4.78, 5) is 16.8. The highest BCUT2D eigenvalue weighted by molar-refractivity contribution is 5.90. The van der Waals surface area contributed by atoms with Crippen molar-refractivity contribution in [3.8, 4) is 11.8 Å². The molecule has 0 amide bonds. The van der Waals surface area contributed by atoms with Crippen molar-refractivity contribution >= 4 is 21.9 Å². The van der Waals surface area contributed by atoms with Crippen molar-refractivity contribution in [1.29, 1.82) is 0 Å². The van der Waals surface area contributed by atoms with Crippen molar-refractivity contribution in [1.82, 2.24) is 4.98 Å². The highest BCUT2D eigenvalue weighted by Gasteiger charge is 2.07. The van der Waals surface area contributed by atoms with E-state index >= 15 is 0 Å². The van der Waals surface area contributed by atoms with E-state index in [4.69, 9.17) is 4.42 Å². The fraction of sp³-hybridized carbons (Fsp3) is 0. The molecule has 0 fully saturated rings. The average molecular weight is 297 g/mol. The third-order valence-corrected chi connectivity index (χ3v) is 3.58. The molecule has 2 aromatic carbocycles. The Morgan fingerprint density at radius 3 is 2.52 bits per heavy atom. The number of hydrogen-bond acceptors (Lipinski definition) is 3. The SMILES string of the molecule is O=c1c2ccccc2oc2ccc(C#Cc3ccccn3)cc12. The van der Waals surface area contributed by atoms with Crippen LogP contribution in [0.25, 0.3) is 21.9 Å². The standard InChI is InChI=1S/C20H11NO2/c22-20-16-6-1-2-7-18(16)23-19-11-9-14(13-17(19)20)8-10-15-5-3-4-12-21-15/h1-7,9,11-13H. The predicted octanol–water partition coefficient (Wildman–Crippen LogP) is 3.74. The summed E-state index contributed by atoms with van der Waals surface area (Å²) in [5.41, 5.74) is 2.57. The molecule has 0 saturated carbocycles. The first-order valence-electron chi connectivity index (χ1n) is 7.20. The summed E-state index contributed by atoms with van der Waals surface area (Å²) in [6.07, 6.45) is 1.70. The van der Waals surface area contributed by atoms with Gasteiger partial charge in [0.05, 0.1) is 10.8 Å². The highest BCUT2D eigenvalue weighted by atomic mass is 16.3. The maximum Gasteiger partial charge on any atom is 0.200 e. The van der Waals surface area contributed by atoms with E-state index in [2.05, 4.69) is 16.8 Å². The number of hydrogen-bond donors (Lipinski definition) is 0. The molecule has 108 valence electrons. The normalized spacial score (nSPS) is 10.4. The molecule has 3 nitrogen and oxygen atoms in total. The van der Waals surface area contributed by atoms with Crippen molar-refractivity contribution in [2.45, 2.75) is 0 Å². The van der Waals surface area contributed by atoms with Crippen molar-refractivity contribution in [3.05, 3.63) is 88.3 Å². The molecule has 0 bridgehead atoms. The van der Waals surface area contributed by atoms with E-state index in [1.54, 1.807) is 30.5 Å². The van der Waals surface area contributed by atoms with Gasteiger partial charge < -0.3 is 4.42 Å². The van der Waals surface area contributed by atoms with Gasteiger partial charge in [-0.25, -0.2) is 4.98 Å². The van der Waals surface area contributed by atoms with E-state index in [1.165, 1.54) is 0 Å². The Morgan fingerprint density at radius 2 is 1.65 bits per heavy atom. The number of fused-ring (bicyclic) bond motifs is 2. The zero-order chi connectivity index (χ0) is 15.6. The number of aromatic nitrogens is 1. The van der Waals surface area contributed by atoms with Crippen LogP contribution in [0.4, 0.5) is 0 Å². The zero-order valence-electron chi connectivity index (χ0n) is 12.1. The van der Waals surface area contributed by atoms with Gasteiger partial charge in [0.1, 0.15) is 16.9 Å². The van der Waals surface area contributed by atoms with Crippen LogP contribution in [-0.4, -0.2) is 4.98 Å². The lowest BCUT2D eigenvalue weighted by Crippen LogP contribution is -2.02.